The summed E-state index contributed by atoms with van der Waals surface area (Å²) in [4.78, 5) is 79.9. The van der Waals surface area contributed by atoms with E-state index in [4.69, 9.17) is 33.2 Å². The van der Waals surface area contributed by atoms with Crippen LogP contribution in [0.3, 0.4) is 0 Å². The largest absolute Gasteiger partial charge is 0.459 e. The van der Waals surface area contributed by atoms with Gasteiger partial charge in [0.05, 0.1) is 0 Å². The average Bonchev–Trinajstić information content (AvgIpc) is 1.10. The van der Waals surface area contributed by atoms with Crippen LogP contribution in [-0.4, -0.2) is 84.5 Å². The van der Waals surface area contributed by atoms with E-state index < -0.39 is 0 Å². The molecule has 0 N–H and O–H groups in total. The highest BCUT2D eigenvalue weighted by Gasteiger charge is 2.22. The molecular formula is C113H198O14. The van der Waals surface area contributed by atoms with Gasteiger partial charge in [-0.15, -0.1) is 0 Å². The summed E-state index contributed by atoms with van der Waals surface area (Å²) < 4.78 is 38.2. The number of carbonyl (C=O) groups excluding carboxylic acids is 7. The average molecular weight is 1780 g/mol. The molecule has 7 aliphatic rings. The third-order valence-corrected chi connectivity index (χ3v) is 26.2. The molecule has 0 heterocycles. The highest BCUT2D eigenvalue weighted by atomic mass is 16.6. The van der Waals surface area contributed by atoms with Gasteiger partial charge < -0.3 is 33.2 Å². The van der Waals surface area contributed by atoms with E-state index >= 15 is 0 Å². The van der Waals surface area contributed by atoms with Crippen molar-refractivity contribution in [1.29, 1.82) is 0 Å². The number of hydrogen-bond acceptors (Lipinski definition) is 14. The van der Waals surface area contributed by atoms with E-state index in [1.54, 1.807) is 27.7 Å². The Balaban J connectivity index is 0.000000747. The normalized spacial score (nSPS) is 20.8. The Hall–Kier alpha value is -5.53. The summed E-state index contributed by atoms with van der Waals surface area (Å²) in [6, 6.07) is 0. The van der Waals surface area contributed by atoms with E-state index in [2.05, 4.69) is 46.1 Å². The molecule has 0 radical (unpaired) electrons. The smallest absolute Gasteiger partial charge is 0.333 e. The molecular weight excluding hydrogens is 1580 g/mol. The fourth-order valence-electron chi connectivity index (χ4n) is 18.1. The molecule has 734 valence electrons. The molecule has 0 aromatic rings. The van der Waals surface area contributed by atoms with Crippen LogP contribution in [0.4, 0.5) is 0 Å². The van der Waals surface area contributed by atoms with Crippen LogP contribution < -0.4 is 0 Å². The van der Waals surface area contributed by atoms with Crippen LogP contribution in [0, 0.1) is 0 Å². The van der Waals surface area contributed by atoms with E-state index in [0.29, 0.717) is 22.3 Å². The van der Waals surface area contributed by atoms with Gasteiger partial charge in [0.15, 0.2) is 0 Å². The molecule has 14 nitrogen and oxygen atoms in total. The van der Waals surface area contributed by atoms with Gasteiger partial charge in [0, 0.05) is 40.5 Å². The molecule has 0 unspecified atom stereocenters. The zero-order valence-electron chi connectivity index (χ0n) is 83.2. The molecule has 14 heteroatoms. The van der Waals surface area contributed by atoms with Crippen LogP contribution in [0.15, 0.2) is 86.6 Å². The minimum absolute atomic E-state index is 0.105. The van der Waals surface area contributed by atoms with Gasteiger partial charge in [-0.1, -0.05) is 386 Å². The lowest BCUT2D eigenvalue weighted by molar-refractivity contribution is -0.146. The first-order valence-electron chi connectivity index (χ1n) is 53.7. The summed E-state index contributed by atoms with van der Waals surface area (Å²) in [6.07, 6.45) is 107. The van der Waals surface area contributed by atoms with Crippen LogP contribution >= 0.6 is 0 Å². The van der Waals surface area contributed by atoms with Crippen molar-refractivity contribution in [1.82, 2.24) is 0 Å². The first-order chi connectivity index (χ1) is 61.8. The van der Waals surface area contributed by atoms with E-state index in [1.807, 2.05) is 0 Å². The molecule has 7 aliphatic carbocycles. The molecule has 0 amide bonds. The second-order valence-electron chi connectivity index (χ2n) is 38.7. The number of carbonyl (C=O) groups is 7. The van der Waals surface area contributed by atoms with E-state index in [1.165, 1.54) is 448 Å². The van der Waals surface area contributed by atoms with Crippen molar-refractivity contribution in [2.45, 2.75) is 591 Å². The minimum Gasteiger partial charge on any atom is -0.459 e. The van der Waals surface area contributed by atoms with Gasteiger partial charge in [0.25, 0.3) is 0 Å². The Bertz CT molecular complexity index is 2690. The second kappa shape index (κ2) is 88.4. The van der Waals surface area contributed by atoms with Crippen LogP contribution in [0.5, 0.6) is 0 Å². The quantitative estimate of drug-likeness (QED) is 0.0909. The van der Waals surface area contributed by atoms with Crippen molar-refractivity contribution in [2.75, 3.05) is 0 Å². The summed E-state index contributed by atoms with van der Waals surface area (Å²) in [5, 5.41) is 0. The monoisotopic (exact) mass is 1780 g/mol. The molecule has 7 fully saturated rings. The SMILES string of the molecule is C=C(C)C(=O)OC1CCCCCCC1.C=C(C)C(=O)OC1CCCCCCCCCCC1.C=C(C)C(=O)OC1CCCCCCCCCCCCCC1.C=C(C)C(=O)OC1CCCCCCCCCCCCCCCCC1.C=CC(=O)OC1CCCCCCC1.C=CC(=O)OC1CCCCCCCCCCC1.C=CC(=O)OC1CCCCCCCCCCCCCC1. The van der Waals surface area contributed by atoms with Crippen molar-refractivity contribution in [3.8, 4) is 0 Å². The fraction of sp³-hybridized carbons (Fsp3) is 0.814. The molecule has 0 bridgehead atoms. The standard InChI is InChI=1S/C22H40O2.C19H34O2.C18H32O2.C16H28O2.C15H26O2.C12H20O2.C11H18O2/c1-20(2)22(23)24-21-18-16-14-12-10-8-6-4-3-5-7-9-11-13-15-17-19-21;1-17(2)19(20)21-18-15-13-11-9-7-5-3-4-6-8-10-12-14-16-18;1-2-18(19)20-17-15-13-11-9-7-5-3-4-6-8-10-12-14-16-17;1-14(2)16(17)18-15-12-10-8-6-4-3-5-7-9-11-13-15;1-2-15(16)17-14-12-10-8-6-4-3-5-7-9-11-13-14;1-10(2)12(13)14-11-8-6-4-3-5-7-9-11;1-2-11(12)13-10-8-6-4-3-5-7-9-10/h21H,1,3-19H2,2H3;18H,1,3-16H2,2H3;2,17H,1,3-16H2;15H,1,3-13H2,2H3;2,14H,1,3-13H2;11H,1,3-9H2,2H3;2,10H,1,3-9H2. The zero-order chi connectivity index (χ0) is 92.7. The number of esters is 7. The lowest BCUT2D eigenvalue weighted by Gasteiger charge is -2.20. The second-order valence-corrected chi connectivity index (χ2v) is 38.7. The topological polar surface area (TPSA) is 184 Å². The highest BCUT2D eigenvalue weighted by molar-refractivity contribution is 5.88. The number of rotatable bonds is 14. The minimum atomic E-state index is -0.273. The maximum absolute atomic E-state index is 11.8. The Morgan fingerprint density at radius 2 is 0.236 bits per heavy atom. The molecule has 7 rings (SSSR count). The summed E-state index contributed by atoms with van der Waals surface area (Å²) >= 11 is 0. The van der Waals surface area contributed by atoms with Gasteiger partial charge in [0.2, 0.25) is 0 Å². The number of ether oxygens (including phenoxy) is 7. The van der Waals surface area contributed by atoms with Crippen molar-refractivity contribution in [3.63, 3.8) is 0 Å². The fourth-order valence-corrected chi connectivity index (χ4v) is 18.1. The summed E-state index contributed by atoms with van der Waals surface area (Å²) in [5.74, 6) is -1.65. The van der Waals surface area contributed by atoms with Gasteiger partial charge in [-0.2, -0.15) is 0 Å². The Morgan fingerprint density at radius 1 is 0.157 bits per heavy atom. The molecule has 0 atom stereocenters. The molecule has 127 heavy (non-hydrogen) atoms. The molecule has 7 saturated carbocycles. The third kappa shape index (κ3) is 78.8. The van der Waals surface area contributed by atoms with E-state index in [0.717, 1.165) is 89.9 Å². The van der Waals surface area contributed by atoms with Gasteiger partial charge in [0.1, 0.15) is 42.7 Å². The summed E-state index contributed by atoms with van der Waals surface area (Å²) in [7, 11) is 0. The molecule has 0 aliphatic heterocycles. The summed E-state index contributed by atoms with van der Waals surface area (Å²) in [5.41, 5.74) is 2.06. The highest BCUT2D eigenvalue weighted by Crippen LogP contribution is 2.28. The zero-order valence-corrected chi connectivity index (χ0v) is 83.2. The van der Waals surface area contributed by atoms with Crippen LogP contribution in [0.25, 0.3) is 0 Å². The van der Waals surface area contributed by atoms with E-state index in [9.17, 15) is 33.6 Å². The predicted octanol–water partition coefficient (Wildman–Crippen LogP) is 33.8. The molecule has 0 aromatic carbocycles. The predicted molar refractivity (Wildman–Crippen MR) is 533 cm³/mol. The first-order valence-corrected chi connectivity index (χ1v) is 53.7. The number of hydrogen-bond donors (Lipinski definition) is 0. The summed E-state index contributed by atoms with van der Waals surface area (Å²) in [6.45, 7) is 31.9. The maximum Gasteiger partial charge on any atom is 0.333 e. The van der Waals surface area contributed by atoms with Crippen molar-refractivity contribution < 1.29 is 66.7 Å². The lowest BCUT2D eigenvalue weighted by Crippen LogP contribution is -2.19. The lowest BCUT2D eigenvalue weighted by atomic mass is 9.98. The van der Waals surface area contributed by atoms with Gasteiger partial charge in [-0.05, 0) is 207 Å². The van der Waals surface area contributed by atoms with Crippen molar-refractivity contribution in [2.24, 2.45) is 0 Å². The van der Waals surface area contributed by atoms with E-state index in [-0.39, 0.29) is 84.5 Å². The van der Waals surface area contributed by atoms with Crippen LogP contribution in [0.1, 0.15) is 548 Å². The molecule has 0 aromatic heterocycles. The third-order valence-electron chi connectivity index (χ3n) is 26.2. The Morgan fingerprint density at radius 3 is 0.315 bits per heavy atom. The maximum atomic E-state index is 11.8. The Kier molecular flexibility index (Phi) is 83.2. The van der Waals surface area contributed by atoms with Crippen LogP contribution in [-0.2, 0) is 66.7 Å². The molecule has 0 saturated heterocycles. The van der Waals surface area contributed by atoms with Gasteiger partial charge >= 0.3 is 41.8 Å². The van der Waals surface area contributed by atoms with Crippen molar-refractivity contribution >= 4 is 41.8 Å². The van der Waals surface area contributed by atoms with Crippen molar-refractivity contribution in [3.05, 3.63) is 86.6 Å². The molecule has 0 spiro atoms. The van der Waals surface area contributed by atoms with Gasteiger partial charge in [-0.25, -0.2) is 33.6 Å². The van der Waals surface area contributed by atoms with Gasteiger partial charge in [-0.3, -0.25) is 0 Å². The van der Waals surface area contributed by atoms with Crippen LogP contribution in [0.2, 0.25) is 0 Å². The Labute approximate surface area is 781 Å². The first kappa shape index (κ1) is 119.